The molecule has 0 radical (unpaired) electrons. The van der Waals surface area contributed by atoms with Gasteiger partial charge in [0.15, 0.2) is 0 Å². The van der Waals surface area contributed by atoms with Gasteiger partial charge in [-0.05, 0) is 33.1 Å². The minimum absolute atomic E-state index is 0.0110. The number of hydrogen-bond donors (Lipinski definition) is 1. The van der Waals surface area contributed by atoms with E-state index in [1.165, 1.54) is 0 Å². The monoisotopic (exact) mass is 257 g/mol. The fraction of sp³-hybridized carbons (Fsp3) is 0.769. The van der Waals surface area contributed by atoms with Gasteiger partial charge in [-0.2, -0.15) is 5.10 Å². The maximum absolute atomic E-state index is 13.2. The van der Waals surface area contributed by atoms with Gasteiger partial charge in [-0.25, -0.2) is 8.78 Å². The van der Waals surface area contributed by atoms with Crippen LogP contribution in [0.5, 0.6) is 0 Å². The number of aryl methyl sites for hydroxylation is 1. The van der Waals surface area contributed by atoms with E-state index in [-0.39, 0.29) is 24.8 Å². The Balaban J connectivity index is 2.14. The molecule has 2 N–H and O–H groups in total. The van der Waals surface area contributed by atoms with Crippen LogP contribution in [-0.4, -0.2) is 15.7 Å². The standard InChI is InChI=1S/C13H21F2N3/c1-8(16)12-9(2)17-18(10(12)3)7-11-4-5-13(14,15)6-11/h8,11H,4-7,16H2,1-3H3. The summed E-state index contributed by atoms with van der Waals surface area (Å²) in [5.41, 5.74) is 8.87. The Bertz CT molecular complexity index is 438. The molecule has 2 unspecified atom stereocenters. The summed E-state index contributed by atoms with van der Waals surface area (Å²) in [6, 6.07) is -0.0660. The molecule has 2 atom stereocenters. The van der Waals surface area contributed by atoms with Crippen LogP contribution in [-0.2, 0) is 6.54 Å². The van der Waals surface area contributed by atoms with Gasteiger partial charge >= 0.3 is 0 Å². The topological polar surface area (TPSA) is 43.8 Å². The zero-order chi connectivity index (χ0) is 13.5. The van der Waals surface area contributed by atoms with Crippen molar-refractivity contribution in [2.45, 2.75) is 58.5 Å². The highest BCUT2D eigenvalue weighted by molar-refractivity contribution is 5.27. The Morgan fingerprint density at radius 2 is 2.17 bits per heavy atom. The lowest BCUT2D eigenvalue weighted by Crippen LogP contribution is -2.15. The first-order valence-corrected chi connectivity index (χ1v) is 6.47. The van der Waals surface area contributed by atoms with Gasteiger partial charge in [0.05, 0.1) is 5.69 Å². The van der Waals surface area contributed by atoms with E-state index in [0.29, 0.717) is 13.0 Å². The molecule has 0 amide bonds. The van der Waals surface area contributed by atoms with Gasteiger partial charge in [0.1, 0.15) is 0 Å². The third kappa shape index (κ3) is 2.55. The Morgan fingerprint density at radius 1 is 1.50 bits per heavy atom. The molecule has 2 rings (SSSR count). The normalized spacial score (nSPS) is 24.4. The van der Waals surface area contributed by atoms with E-state index >= 15 is 0 Å². The summed E-state index contributed by atoms with van der Waals surface area (Å²) in [6.07, 6.45) is 0.578. The van der Waals surface area contributed by atoms with Gasteiger partial charge in [0.2, 0.25) is 5.92 Å². The molecular weight excluding hydrogens is 236 g/mol. The number of nitrogens with zero attached hydrogens (tertiary/aromatic N) is 2. The second-order valence-electron chi connectivity index (χ2n) is 5.52. The zero-order valence-electron chi connectivity index (χ0n) is 11.2. The fourth-order valence-electron chi connectivity index (χ4n) is 2.99. The quantitative estimate of drug-likeness (QED) is 0.904. The molecule has 1 aliphatic carbocycles. The van der Waals surface area contributed by atoms with Crippen molar-refractivity contribution in [2.75, 3.05) is 0 Å². The Kier molecular flexibility index (Phi) is 3.45. The molecule has 0 bridgehead atoms. The van der Waals surface area contributed by atoms with Crippen LogP contribution >= 0.6 is 0 Å². The molecule has 0 spiro atoms. The number of halogens is 2. The van der Waals surface area contributed by atoms with E-state index in [1.54, 1.807) is 0 Å². The van der Waals surface area contributed by atoms with Crippen molar-refractivity contribution in [2.24, 2.45) is 11.7 Å². The van der Waals surface area contributed by atoms with Crippen molar-refractivity contribution >= 4 is 0 Å². The van der Waals surface area contributed by atoms with Gasteiger partial charge in [-0.1, -0.05) is 0 Å². The molecular formula is C13H21F2N3. The molecule has 102 valence electrons. The summed E-state index contributed by atoms with van der Waals surface area (Å²) in [7, 11) is 0. The van der Waals surface area contributed by atoms with Crippen LogP contribution in [0.15, 0.2) is 0 Å². The van der Waals surface area contributed by atoms with Crippen molar-refractivity contribution in [1.82, 2.24) is 9.78 Å². The molecule has 0 aromatic carbocycles. The molecule has 5 heteroatoms. The molecule has 1 heterocycles. The molecule has 1 saturated carbocycles. The second kappa shape index (κ2) is 4.61. The number of rotatable bonds is 3. The zero-order valence-corrected chi connectivity index (χ0v) is 11.2. The molecule has 0 aliphatic heterocycles. The first kappa shape index (κ1) is 13.5. The summed E-state index contributed by atoms with van der Waals surface area (Å²) in [5.74, 6) is -2.45. The minimum atomic E-state index is -2.48. The molecule has 3 nitrogen and oxygen atoms in total. The molecule has 18 heavy (non-hydrogen) atoms. The lowest BCUT2D eigenvalue weighted by Gasteiger charge is -2.13. The lowest BCUT2D eigenvalue weighted by molar-refractivity contribution is 0.00419. The molecule has 1 fully saturated rings. The minimum Gasteiger partial charge on any atom is -0.324 e. The van der Waals surface area contributed by atoms with Crippen molar-refractivity contribution in [3.63, 3.8) is 0 Å². The summed E-state index contributed by atoms with van der Waals surface area (Å²) in [4.78, 5) is 0. The summed E-state index contributed by atoms with van der Waals surface area (Å²) >= 11 is 0. The number of hydrogen-bond acceptors (Lipinski definition) is 2. The van der Waals surface area contributed by atoms with E-state index in [4.69, 9.17) is 5.73 Å². The SMILES string of the molecule is Cc1nn(CC2CCC(F)(F)C2)c(C)c1C(C)N. The lowest BCUT2D eigenvalue weighted by atomic mass is 10.1. The molecule has 1 aromatic rings. The van der Waals surface area contributed by atoms with E-state index in [9.17, 15) is 8.78 Å². The van der Waals surface area contributed by atoms with Crippen molar-refractivity contribution in [1.29, 1.82) is 0 Å². The Hall–Kier alpha value is -0.970. The fourth-order valence-corrected chi connectivity index (χ4v) is 2.99. The number of nitrogens with two attached hydrogens (primary N) is 1. The Morgan fingerprint density at radius 3 is 2.61 bits per heavy atom. The van der Waals surface area contributed by atoms with E-state index < -0.39 is 5.92 Å². The summed E-state index contributed by atoms with van der Waals surface area (Å²) in [5, 5.41) is 4.43. The predicted molar refractivity (Wildman–Crippen MR) is 66.6 cm³/mol. The maximum atomic E-state index is 13.2. The van der Waals surface area contributed by atoms with E-state index in [2.05, 4.69) is 5.10 Å². The van der Waals surface area contributed by atoms with Gasteiger partial charge in [-0.15, -0.1) is 0 Å². The van der Waals surface area contributed by atoms with Gasteiger partial charge in [0, 0.05) is 36.7 Å². The first-order valence-electron chi connectivity index (χ1n) is 6.47. The van der Waals surface area contributed by atoms with E-state index in [0.717, 1.165) is 17.0 Å². The van der Waals surface area contributed by atoms with Crippen LogP contribution in [0.3, 0.4) is 0 Å². The average Bonchev–Trinajstić information content (AvgIpc) is 2.68. The summed E-state index contributed by atoms with van der Waals surface area (Å²) in [6.45, 7) is 6.39. The average molecular weight is 257 g/mol. The van der Waals surface area contributed by atoms with E-state index in [1.807, 2.05) is 25.5 Å². The smallest absolute Gasteiger partial charge is 0.248 e. The second-order valence-corrected chi connectivity index (χ2v) is 5.52. The number of alkyl halides is 2. The van der Waals surface area contributed by atoms with Gasteiger partial charge < -0.3 is 5.73 Å². The first-order chi connectivity index (χ1) is 8.30. The molecule has 0 saturated heterocycles. The van der Waals surface area contributed by atoms with Crippen LogP contribution < -0.4 is 5.73 Å². The largest absolute Gasteiger partial charge is 0.324 e. The highest BCUT2D eigenvalue weighted by atomic mass is 19.3. The summed E-state index contributed by atoms with van der Waals surface area (Å²) < 4.78 is 28.2. The van der Waals surface area contributed by atoms with Crippen LogP contribution in [0, 0.1) is 19.8 Å². The van der Waals surface area contributed by atoms with Crippen LogP contribution in [0.1, 0.15) is 49.2 Å². The van der Waals surface area contributed by atoms with Gasteiger partial charge in [0.25, 0.3) is 0 Å². The maximum Gasteiger partial charge on any atom is 0.248 e. The van der Waals surface area contributed by atoms with Gasteiger partial charge in [-0.3, -0.25) is 4.68 Å². The van der Waals surface area contributed by atoms with Crippen LogP contribution in [0.2, 0.25) is 0 Å². The van der Waals surface area contributed by atoms with Crippen molar-refractivity contribution in [3.8, 4) is 0 Å². The van der Waals surface area contributed by atoms with Crippen molar-refractivity contribution < 1.29 is 8.78 Å². The molecule has 1 aliphatic rings. The van der Waals surface area contributed by atoms with Crippen LogP contribution in [0.4, 0.5) is 8.78 Å². The number of aromatic nitrogens is 2. The van der Waals surface area contributed by atoms with Crippen molar-refractivity contribution in [3.05, 3.63) is 17.0 Å². The Labute approximate surface area is 106 Å². The highest BCUT2D eigenvalue weighted by Crippen LogP contribution is 2.39. The highest BCUT2D eigenvalue weighted by Gasteiger charge is 2.39. The predicted octanol–water partition coefficient (Wildman–Crippen LogP) is 2.96. The van der Waals surface area contributed by atoms with Crippen LogP contribution in [0.25, 0.3) is 0 Å². The third-order valence-electron chi connectivity index (χ3n) is 3.83. The third-order valence-corrected chi connectivity index (χ3v) is 3.83. The molecule has 1 aromatic heterocycles.